The molecule has 17 heavy (non-hydrogen) atoms. The number of aromatic nitrogens is 2. The molecule has 0 atom stereocenters. The van der Waals surface area contributed by atoms with E-state index in [1.165, 1.54) is 0 Å². The van der Waals surface area contributed by atoms with E-state index >= 15 is 0 Å². The van der Waals surface area contributed by atoms with Gasteiger partial charge in [0.15, 0.2) is 0 Å². The van der Waals surface area contributed by atoms with Crippen LogP contribution in [0.3, 0.4) is 0 Å². The largest absolute Gasteiger partial charge is 0.383 e. The summed E-state index contributed by atoms with van der Waals surface area (Å²) in [7, 11) is 1.61. The maximum atomic E-state index is 11.5. The molecule has 1 aromatic heterocycles. The van der Waals surface area contributed by atoms with E-state index < -0.39 is 5.91 Å². The molecule has 1 heterocycles. The predicted octanol–water partition coefficient (Wildman–Crippen LogP) is 1.09. The van der Waals surface area contributed by atoms with Crippen LogP contribution in [0.5, 0.6) is 0 Å². The number of methoxy groups -OCH3 is 1. The first kappa shape index (κ1) is 11.6. The van der Waals surface area contributed by atoms with Crippen molar-refractivity contribution in [2.45, 2.75) is 13.5 Å². The second-order valence-corrected chi connectivity index (χ2v) is 3.90. The zero-order valence-electron chi connectivity index (χ0n) is 9.93. The SMILES string of the molecule is COCCn1nc2cccc(C)c2c1C(N)=O. The average molecular weight is 233 g/mol. The number of amides is 1. The lowest BCUT2D eigenvalue weighted by molar-refractivity contribution is 0.0988. The van der Waals surface area contributed by atoms with Gasteiger partial charge in [0.25, 0.3) is 5.91 Å². The van der Waals surface area contributed by atoms with E-state index in [0.717, 1.165) is 16.5 Å². The maximum Gasteiger partial charge on any atom is 0.267 e. The third kappa shape index (κ3) is 2.01. The van der Waals surface area contributed by atoms with Crippen molar-refractivity contribution in [2.75, 3.05) is 13.7 Å². The molecule has 2 aromatic rings. The monoisotopic (exact) mass is 233 g/mol. The molecule has 0 aliphatic heterocycles. The van der Waals surface area contributed by atoms with Crippen LogP contribution >= 0.6 is 0 Å². The Bertz CT molecular complexity index is 560. The van der Waals surface area contributed by atoms with Crippen LogP contribution in [0, 0.1) is 6.92 Å². The van der Waals surface area contributed by atoms with Gasteiger partial charge in [0.2, 0.25) is 0 Å². The van der Waals surface area contributed by atoms with E-state index in [-0.39, 0.29) is 0 Å². The molecule has 1 aromatic carbocycles. The molecule has 1 amide bonds. The lowest BCUT2D eigenvalue weighted by Gasteiger charge is -2.04. The summed E-state index contributed by atoms with van der Waals surface area (Å²) in [5.41, 5.74) is 7.67. The van der Waals surface area contributed by atoms with Gasteiger partial charge in [-0.1, -0.05) is 12.1 Å². The van der Waals surface area contributed by atoms with E-state index in [9.17, 15) is 4.79 Å². The molecule has 0 saturated heterocycles. The average Bonchev–Trinajstić information content (AvgIpc) is 2.66. The van der Waals surface area contributed by atoms with Gasteiger partial charge in [0.1, 0.15) is 5.69 Å². The Labute approximate surface area is 99.2 Å². The standard InChI is InChI=1S/C12H15N3O2/c1-8-4-3-5-9-10(8)11(12(13)16)15(14-9)6-7-17-2/h3-5H,6-7H2,1-2H3,(H2,13,16). The predicted molar refractivity (Wildman–Crippen MR) is 64.9 cm³/mol. The molecule has 0 aliphatic rings. The number of carbonyl (C=O) groups excluding carboxylic acids is 1. The van der Waals surface area contributed by atoms with Crippen molar-refractivity contribution >= 4 is 16.8 Å². The number of fused-ring (bicyclic) bond motifs is 1. The van der Waals surface area contributed by atoms with Crippen molar-refractivity contribution in [2.24, 2.45) is 5.73 Å². The van der Waals surface area contributed by atoms with Gasteiger partial charge in [0, 0.05) is 12.5 Å². The number of primary amides is 1. The fourth-order valence-corrected chi connectivity index (χ4v) is 1.94. The van der Waals surface area contributed by atoms with Gasteiger partial charge in [-0.25, -0.2) is 0 Å². The summed E-state index contributed by atoms with van der Waals surface area (Å²) in [6.07, 6.45) is 0. The number of hydrogen-bond acceptors (Lipinski definition) is 3. The summed E-state index contributed by atoms with van der Waals surface area (Å²) in [5.74, 6) is -0.460. The van der Waals surface area contributed by atoms with Crippen molar-refractivity contribution in [3.8, 4) is 0 Å². The quantitative estimate of drug-likeness (QED) is 0.859. The number of nitrogens with zero attached hydrogens (tertiary/aromatic N) is 2. The second kappa shape index (κ2) is 4.55. The van der Waals surface area contributed by atoms with Gasteiger partial charge in [0.05, 0.1) is 18.7 Å². The number of rotatable bonds is 4. The van der Waals surface area contributed by atoms with E-state index in [1.54, 1.807) is 11.8 Å². The summed E-state index contributed by atoms with van der Waals surface area (Å²) >= 11 is 0. The lowest BCUT2D eigenvalue weighted by atomic mass is 10.1. The Morgan fingerprint density at radius 2 is 2.29 bits per heavy atom. The molecular weight excluding hydrogens is 218 g/mol. The highest BCUT2D eigenvalue weighted by molar-refractivity contribution is 6.05. The Hall–Kier alpha value is -1.88. The number of ether oxygens (including phenoxy) is 1. The van der Waals surface area contributed by atoms with Crippen LogP contribution in [0.4, 0.5) is 0 Å². The normalized spacial score (nSPS) is 10.9. The van der Waals surface area contributed by atoms with E-state index in [4.69, 9.17) is 10.5 Å². The van der Waals surface area contributed by atoms with Crippen LogP contribution < -0.4 is 5.73 Å². The maximum absolute atomic E-state index is 11.5. The van der Waals surface area contributed by atoms with Crippen LogP contribution in [0.15, 0.2) is 18.2 Å². The minimum atomic E-state index is -0.460. The molecule has 0 fully saturated rings. The van der Waals surface area contributed by atoms with E-state index in [0.29, 0.717) is 18.8 Å². The Morgan fingerprint density at radius 3 is 2.94 bits per heavy atom. The molecular formula is C12H15N3O2. The van der Waals surface area contributed by atoms with Crippen LogP contribution in [-0.4, -0.2) is 29.4 Å². The number of benzene rings is 1. The fraction of sp³-hybridized carbons (Fsp3) is 0.333. The molecule has 0 saturated carbocycles. The van der Waals surface area contributed by atoms with Crippen LogP contribution in [0.2, 0.25) is 0 Å². The zero-order chi connectivity index (χ0) is 12.4. The smallest absolute Gasteiger partial charge is 0.267 e. The topological polar surface area (TPSA) is 70.1 Å². The molecule has 5 heteroatoms. The lowest BCUT2D eigenvalue weighted by Crippen LogP contribution is -2.19. The minimum absolute atomic E-state index is 0.454. The first-order chi connectivity index (χ1) is 8.15. The highest BCUT2D eigenvalue weighted by atomic mass is 16.5. The summed E-state index contributed by atoms with van der Waals surface area (Å²) in [4.78, 5) is 11.5. The number of nitrogens with two attached hydrogens (primary N) is 1. The third-order valence-corrected chi connectivity index (χ3v) is 2.71. The Morgan fingerprint density at radius 1 is 1.53 bits per heavy atom. The zero-order valence-corrected chi connectivity index (χ0v) is 9.93. The number of aryl methyl sites for hydroxylation is 1. The van der Waals surface area contributed by atoms with Gasteiger partial charge in [-0.2, -0.15) is 5.10 Å². The first-order valence-corrected chi connectivity index (χ1v) is 5.40. The highest BCUT2D eigenvalue weighted by Crippen LogP contribution is 2.21. The highest BCUT2D eigenvalue weighted by Gasteiger charge is 2.17. The van der Waals surface area contributed by atoms with Gasteiger partial charge in [-0.15, -0.1) is 0 Å². The molecule has 0 aliphatic carbocycles. The van der Waals surface area contributed by atoms with E-state index in [2.05, 4.69) is 5.10 Å². The third-order valence-electron chi connectivity index (χ3n) is 2.71. The Kier molecular flexibility index (Phi) is 3.10. The molecule has 2 N–H and O–H groups in total. The van der Waals surface area contributed by atoms with Gasteiger partial charge >= 0.3 is 0 Å². The van der Waals surface area contributed by atoms with Gasteiger partial charge in [-0.05, 0) is 18.6 Å². The minimum Gasteiger partial charge on any atom is -0.383 e. The van der Waals surface area contributed by atoms with Crippen LogP contribution in [0.1, 0.15) is 16.1 Å². The summed E-state index contributed by atoms with van der Waals surface area (Å²) < 4.78 is 6.61. The molecule has 90 valence electrons. The molecule has 0 bridgehead atoms. The van der Waals surface area contributed by atoms with Gasteiger partial charge in [-0.3, -0.25) is 9.48 Å². The molecule has 0 radical (unpaired) electrons. The van der Waals surface area contributed by atoms with Crippen molar-refractivity contribution in [3.05, 3.63) is 29.5 Å². The van der Waals surface area contributed by atoms with Gasteiger partial charge < -0.3 is 10.5 Å². The van der Waals surface area contributed by atoms with Crippen molar-refractivity contribution in [1.29, 1.82) is 0 Å². The summed E-state index contributed by atoms with van der Waals surface area (Å²) in [6.45, 7) is 2.95. The van der Waals surface area contributed by atoms with Crippen LogP contribution in [-0.2, 0) is 11.3 Å². The van der Waals surface area contributed by atoms with E-state index in [1.807, 2.05) is 25.1 Å². The van der Waals surface area contributed by atoms with Crippen molar-refractivity contribution in [1.82, 2.24) is 9.78 Å². The van der Waals surface area contributed by atoms with Crippen molar-refractivity contribution < 1.29 is 9.53 Å². The summed E-state index contributed by atoms with van der Waals surface area (Å²) in [5, 5.41) is 5.20. The molecule has 5 nitrogen and oxygen atoms in total. The van der Waals surface area contributed by atoms with Crippen molar-refractivity contribution in [3.63, 3.8) is 0 Å². The first-order valence-electron chi connectivity index (χ1n) is 5.40. The number of hydrogen-bond donors (Lipinski definition) is 1. The Balaban J connectivity index is 2.63. The second-order valence-electron chi connectivity index (χ2n) is 3.90. The fourth-order valence-electron chi connectivity index (χ4n) is 1.94. The molecule has 0 unspecified atom stereocenters. The molecule has 0 spiro atoms. The van der Waals surface area contributed by atoms with Crippen LogP contribution in [0.25, 0.3) is 10.9 Å². The summed E-state index contributed by atoms with van der Waals surface area (Å²) in [6, 6.07) is 5.73. The number of carbonyl (C=O) groups is 1. The molecule has 2 rings (SSSR count).